The lowest BCUT2D eigenvalue weighted by molar-refractivity contribution is -0.119. The van der Waals surface area contributed by atoms with Crippen molar-refractivity contribution in [2.24, 2.45) is 5.92 Å². The number of hydrogen-bond donors (Lipinski definition) is 3. The molecule has 9 nitrogen and oxygen atoms in total. The van der Waals surface area contributed by atoms with Crippen LogP contribution in [0.3, 0.4) is 0 Å². The maximum atomic E-state index is 12.9. The lowest BCUT2D eigenvalue weighted by Crippen LogP contribution is -2.23. The van der Waals surface area contributed by atoms with Crippen LogP contribution in [-0.2, 0) is 20.8 Å². The van der Waals surface area contributed by atoms with E-state index in [9.17, 15) is 14.7 Å². The van der Waals surface area contributed by atoms with Crippen LogP contribution < -0.4 is 10.6 Å². The number of rotatable bonds is 10. The number of esters is 1. The van der Waals surface area contributed by atoms with Gasteiger partial charge in [0.1, 0.15) is 5.65 Å². The van der Waals surface area contributed by atoms with E-state index in [1.54, 1.807) is 10.8 Å². The van der Waals surface area contributed by atoms with Crippen LogP contribution in [0.4, 0.5) is 11.4 Å². The molecule has 0 bridgehead atoms. The Bertz CT molecular complexity index is 952. The van der Waals surface area contributed by atoms with Crippen molar-refractivity contribution in [3.05, 3.63) is 18.0 Å². The largest absolute Gasteiger partial charge is 0.464 e. The molecular weight excluding hydrogens is 412 g/mol. The molecule has 0 radical (unpaired) electrons. The van der Waals surface area contributed by atoms with Gasteiger partial charge in [-0.3, -0.25) is 4.79 Å². The van der Waals surface area contributed by atoms with Crippen LogP contribution in [0.5, 0.6) is 0 Å². The molecule has 2 aromatic heterocycles. The van der Waals surface area contributed by atoms with E-state index < -0.39 is 5.97 Å². The minimum atomic E-state index is -0.538. The van der Waals surface area contributed by atoms with E-state index in [1.165, 1.54) is 7.11 Å². The number of pyridine rings is 1. The molecule has 0 aliphatic carbocycles. The summed E-state index contributed by atoms with van der Waals surface area (Å²) < 4.78 is 12.7. The average Bonchev–Trinajstić information content (AvgIpc) is 3.39. The van der Waals surface area contributed by atoms with Crippen LogP contribution in [0.15, 0.2) is 12.3 Å². The smallest absolute Gasteiger partial charge is 0.356 e. The summed E-state index contributed by atoms with van der Waals surface area (Å²) in [4.78, 5) is 30.3. The lowest BCUT2D eigenvalue weighted by Gasteiger charge is -2.15. The maximum Gasteiger partial charge on any atom is 0.356 e. The third kappa shape index (κ3) is 5.21. The van der Waals surface area contributed by atoms with Crippen molar-refractivity contribution in [2.45, 2.75) is 65.1 Å². The number of aliphatic hydroxyl groups excluding tert-OH is 1. The van der Waals surface area contributed by atoms with Gasteiger partial charge in [-0.15, -0.1) is 0 Å². The zero-order chi connectivity index (χ0) is 23.3. The predicted octanol–water partition coefficient (Wildman–Crippen LogP) is 3.17. The quantitative estimate of drug-likeness (QED) is 0.480. The molecule has 0 unspecified atom stereocenters. The molecule has 32 heavy (non-hydrogen) atoms. The highest BCUT2D eigenvalue weighted by atomic mass is 16.5. The van der Waals surface area contributed by atoms with Gasteiger partial charge >= 0.3 is 5.97 Å². The van der Waals surface area contributed by atoms with Crippen LogP contribution >= 0.6 is 0 Å². The van der Waals surface area contributed by atoms with Gasteiger partial charge in [-0.1, -0.05) is 13.8 Å². The standard InChI is InChI=1S/C23H34N4O5/c1-5-14(2)22(29)26-19-18-11-16(25-15(3)8-9-28)12-24-21(18)27(20(19)23(30)31-4)13-17-7-6-10-32-17/h11-12,14-15,17,25,28H,5-10,13H2,1-4H3,(H,26,29)/t14-,15+,17-/m0/s1. The number of carbonyl (C=O) groups excluding carboxylic acids is 2. The molecule has 3 N–H and O–H groups in total. The minimum Gasteiger partial charge on any atom is -0.464 e. The average molecular weight is 447 g/mol. The third-order valence-corrected chi connectivity index (χ3v) is 5.97. The first-order chi connectivity index (χ1) is 15.4. The highest BCUT2D eigenvalue weighted by molar-refractivity contribution is 6.11. The molecule has 0 aromatic carbocycles. The van der Waals surface area contributed by atoms with Gasteiger partial charge in [0.2, 0.25) is 5.91 Å². The molecule has 1 fully saturated rings. The molecule has 1 amide bonds. The minimum absolute atomic E-state index is 0.0312. The second-order valence-corrected chi connectivity index (χ2v) is 8.41. The van der Waals surface area contributed by atoms with Gasteiger partial charge in [0.05, 0.1) is 37.3 Å². The number of aromatic nitrogens is 2. The van der Waals surface area contributed by atoms with Crippen LogP contribution in [-0.4, -0.2) is 59.0 Å². The van der Waals surface area contributed by atoms with E-state index in [0.717, 1.165) is 18.5 Å². The highest BCUT2D eigenvalue weighted by Gasteiger charge is 2.29. The molecule has 0 spiro atoms. The zero-order valence-electron chi connectivity index (χ0n) is 19.3. The van der Waals surface area contributed by atoms with E-state index >= 15 is 0 Å². The van der Waals surface area contributed by atoms with Gasteiger partial charge < -0.3 is 29.8 Å². The molecule has 1 aliphatic heterocycles. The summed E-state index contributed by atoms with van der Waals surface area (Å²) in [5.74, 6) is -0.916. The van der Waals surface area contributed by atoms with E-state index in [4.69, 9.17) is 9.47 Å². The second kappa shape index (κ2) is 10.8. The van der Waals surface area contributed by atoms with Crippen molar-refractivity contribution in [1.29, 1.82) is 0 Å². The molecular formula is C23H34N4O5. The topological polar surface area (TPSA) is 115 Å². The van der Waals surface area contributed by atoms with Crippen molar-refractivity contribution in [2.75, 3.05) is 31.0 Å². The van der Waals surface area contributed by atoms with Crippen molar-refractivity contribution >= 4 is 34.3 Å². The number of methoxy groups -OCH3 is 1. The van der Waals surface area contributed by atoms with E-state index in [-0.39, 0.29) is 36.3 Å². The van der Waals surface area contributed by atoms with Crippen LogP contribution in [0.25, 0.3) is 11.0 Å². The van der Waals surface area contributed by atoms with E-state index in [0.29, 0.717) is 42.7 Å². The number of nitrogens with zero attached hydrogens (tertiary/aromatic N) is 2. The van der Waals surface area contributed by atoms with Crippen LogP contribution in [0, 0.1) is 5.92 Å². The maximum absolute atomic E-state index is 12.9. The summed E-state index contributed by atoms with van der Waals surface area (Å²) in [7, 11) is 1.33. The Balaban J connectivity index is 2.13. The number of hydrogen-bond acceptors (Lipinski definition) is 7. The van der Waals surface area contributed by atoms with Crippen LogP contribution in [0.1, 0.15) is 56.9 Å². The predicted molar refractivity (Wildman–Crippen MR) is 123 cm³/mol. The molecule has 9 heteroatoms. The molecule has 3 heterocycles. The molecule has 176 valence electrons. The van der Waals surface area contributed by atoms with Gasteiger partial charge in [0.15, 0.2) is 5.69 Å². The van der Waals surface area contributed by atoms with E-state index in [1.807, 2.05) is 26.8 Å². The summed E-state index contributed by atoms with van der Waals surface area (Å²) in [6.45, 7) is 6.97. The molecule has 1 aliphatic rings. The number of aliphatic hydroxyl groups is 1. The van der Waals surface area contributed by atoms with Gasteiger partial charge in [0.25, 0.3) is 0 Å². The Labute approximate surface area is 188 Å². The molecule has 0 saturated carbocycles. The van der Waals surface area contributed by atoms with Gasteiger partial charge in [-0.05, 0) is 38.7 Å². The zero-order valence-corrected chi connectivity index (χ0v) is 19.3. The number of anilines is 2. The molecule has 3 atom stereocenters. The molecule has 3 rings (SSSR count). The monoisotopic (exact) mass is 446 g/mol. The Morgan fingerprint density at radius 1 is 1.41 bits per heavy atom. The van der Waals surface area contributed by atoms with Crippen molar-refractivity contribution < 1.29 is 24.2 Å². The van der Waals surface area contributed by atoms with Crippen molar-refractivity contribution in [3.8, 4) is 0 Å². The van der Waals surface area contributed by atoms with Crippen molar-refractivity contribution in [1.82, 2.24) is 9.55 Å². The fraction of sp³-hybridized carbons (Fsp3) is 0.609. The second-order valence-electron chi connectivity index (χ2n) is 8.41. The number of carbonyl (C=O) groups is 2. The first kappa shape index (κ1) is 24.0. The highest BCUT2D eigenvalue weighted by Crippen LogP contribution is 2.34. The van der Waals surface area contributed by atoms with Gasteiger partial charge in [-0.25, -0.2) is 9.78 Å². The number of ether oxygens (including phenoxy) is 2. The van der Waals surface area contributed by atoms with Gasteiger partial charge in [0, 0.05) is 30.6 Å². The molecule has 1 saturated heterocycles. The Kier molecular flexibility index (Phi) is 8.09. The number of amides is 1. The van der Waals surface area contributed by atoms with Gasteiger partial charge in [-0.2, -0.15) is 0 Å². The van der Waals surface area contributed by atoms with Crippen LogP contribution in [0.2, 0.25) is 0 Å². The summed E-state index contributed by atoms with van der Waals surface area (Å²) in [5.41, 5.74) is 1.99. The summed E-state index contributed by atoms with van der Waals surface area (Å²) >= 11 is 0. The first-order valence-electron chi connectivity index (χ1n) is 11.3. The number of fused-ring (bicyclic) bond motifs is 1. The number of nitrogens with one attached hydrogen (secondary N) is 2. The Hall–Kier alpha value is -2.65. The molecule has 2 aromatic rings. The fourth-order valence-corrected chi connectivity index (χ4v) is 3.89. The summed E-state index contributed by atoms with van der Waals surface area (Å²) in [5, 5.41) is 16.1. The van der Waals surface area contributed by atoms with Crippen molar-refractivity contribution in [3.63, 3.8) is 0 Å². The van der Waals surface area contributed by atoms with E-state index in [2.05, 4.69) is 15.6 Å². The normalized spacial score (nSPS) is 17.8. The first-order valence-corrected chi connectivity index (χ1v) is 11.3. The SMILES string of the molecule is CC[C@H](C)C(=O)Nc1c(C(=O)OC)n(C[C@@H]2CCCO2)c2ncc(N[C@H](C)CCO)cc12. The fourth-order valence-electron chi connectivity index (χ4n) is 3.89. The summed E-state index contributed by atoms with van der Waals surface area (Å²) in [6.07, 6.45) is 4.80. The Morgan fingerprint density at radius 2 is 2.19 bits per heavy atom. The lowest BCUT2D eigenvalue weighted by atomic mass is 10.1. The third-order valence-electron chi connectivity index (χ3n) is 5.97. The Morgan fingerprint density at radius 3 is 2.81 bits per heavy atom. The summed E-state index contributed by atoms with van der Waals surface area (Å²) in [6, 6.07) is 1.91.